The quantitative estimate of drug-likeness (QED) is 0.686. The van der Waals surface area contributed by atoms with Crippen LogP contribution in [0.15, 0.2) is 46.1 Å². The largest absolute Gasteiger partial charge is 0.307 e. The molecule has 1 aliphatic rings. The number of nitrogens with one attached hydrogen (secondary N) is 1. The van der Waals surface area contributed by atoms with E-state index in [-0.39, 0.29) is 15.8 Å². The zero-order valence-corrected chi connectivity index (χ0v) is 17.7. The molecule has 0 aliphatic heterocycles. The Balaban J connectivity index is 1.65. The third kappa shape index (κ3) is 3.54. The highest BCUT2D eigenvalue weighted by molar-refractivity contribution is 7.89. The van der Waals surface area contributed by atoms with Gasteiger partial charge in [-0.05, 0) is 67.0 Å². The lowest BCUT2D eigenvalue weighted by atomic mass is 9.89. The minimum absolute atomic E-state index is 0.0991. The van der Waals surface area contributed by atoms with Crippen LogP contribution in [-0.2, 0) is 29.9 Å². The lowest BCUT2D eigenvalue weighted by Gasteiger charge is -2.21. The first kappa shape index (κ1) is 19.4. The van der Waals surface area contributed by atoms with Crippen LogP contribution in [0.1, 0.15) is 48.9 Å². The molecule has 0 unspecified atom stereocenters. The van der Waals surface area contributed by atoms with Crippen LogP contribution in [0.5, 0.6) is 0 Å². The predicted molar refractivity (Wildman–Crippen MR) is 114 cm³/mol. The van der Waals surface area contributed by atoms with Gasteiger partial charge in [0.05, 0.1) is 15.1 Å². The van der Waals surface area contributed by atoms with Crippen LogP contribution in [0.4, 0.5) is 0 Å². The fourth-order valence-corrected chi connectivity index (χ4v) is 6.22. The van der Waals surface area contributed by atoms with Gasteiger partial charge in [-0.3, -0.25) is 4.79 Å². The molecule has 1 aliphatic carbocycles. The van der Waals surface area contributed by atoms with Gasteiger partial charge >= 0.3 is 4.87 Å². The number of nitrogens with zero attached hydrogens (tertiary/aromatic N) is 1. The number of aromatic nitrogens is 1. The summed E-state index contributed by atoms with van der Waals surface area (Å²) >= 11 is 1.06. The number of hydrogen-bond donors (Lipinski definition) is 1. The molecular formula is C21H24N2O3S2. The molecule has 1 N–H and O–H groups in total. The molecule has 1 atom stereocenters. The number of aryl methyl sites for hydroxylation is 3. The van der Waals surface area contributed by atoms with E-state index in [0.717, 1.165) is 35.3 Å². The molecule has 0 saturated heterocycles. The summed E-state index contributed by atoms with van der Waals surface area (Å²) in [6.07, 6.45) is 5.26. The first-order chi connectivity index (χ1) is 13.4. The van der Waals surface area contributed by atoms with Gasteiger partial charge in [0, 0.05) is 13.1 Å². The number of thiazole rings is 1. The Morgan fingerprint density at radius 2 is 1.86 bits per heavy atom. The van der Waals surface area contributed by atoms with Crippen molar-refractivity contribution < 1.29 is 8.42 Å². The molecule has 148 valence electrons. The molecule has 0 bridgehead atoms. The van der Waals surface area contributed by atoms with Crippen molar-refractivity contribution in [2.45, 2.75) is 50.0 Å². The topological polar surface area (TPSA) is 68.2 Å². The van der Waals surface area contributed by atoms with Crippen molar-refractivity contribution in [1.29, 1.82) is 0 Å². The Bertz CT molecular complexity index is 1190. The Labute approximate surface area is 169 Å². The van der Waals surface area contributed by atoms with E-state index in [1.807, 2.05) is 13.0 Å². The Kier molecular flexibility index (Phi) is 5.16. The maximum Gasteiger partial charge on any atom is 0.307 e. The predicted octanol–water partition coefficient (Wildman–Crippen LogP) is 3.91. The summed E-state index contributed by atoms with van der Waals surface area (Å²) in [5.41, 5.74) is 4.49. The maximum atomic E-state index is 13.0. The van der Waals surface area contributed by atoms with Gasteiger partial charge in [0.25, 0.3) is 0 Å². The van der Waals surface area contributed by atoms with Crippen LogP contribution in [0.2, 0.25) is 0 Å². The zero-order valence-electron chi connectivity index (χ0n) is 16.1. The smallest absolute Gasteiger partial charge is 0.302 e. The lowest BCUT2D eigenvalue weighted by Crippen LogP contribution is -2.28. The van der Waals surface area contributed by atoms with Crippen molar-refractivity contribution in [2.75, 3.05) is 0 Å². The van der Waals surface area contributed by atoms with Crippen LogP contribution in [0.25, 0.3) is 10.2 Å². The fourth-order valence-electron chi connectivity index (χ4n) is 3.89. The molecule has 28 heavy (non-hydrogen) atoms. The van der Waals surface area contributed by atoms with Crippen molar-refractivity contribution in [3.05, 3.63) is 62.8 Å². The summed E-state index contributed by atoms with van der Waals surface area (Å²) in [5, 5.41) is 0. The van der Waals surface area contributed by atoms with Crippen LogP contribution in [0.3, 0.4) is 0 Å². The lowest BCUT2D eigenvalue weighted by molar-refractivity contribution is 0.549. The van der Waals surface area contributed by atoms with Crippen molar-refractivity contribution in [2.24, 2.45) is 7.05 Å². The Morgan fingerprint density at radius 1 is 1.11 bits per heavy atom. The maximum absolute atomic E-state index is 13.0. The molecular weight excluding hydrogens is 392 g/mol. The van der Waals surface area contributed by atoms with Gasteiger partial charge in [0.2, 0.25) is 10.0 Å². The van der Waals surface area contributed by atoms with E-state index in [1.54, 1.807) is 25.2 Å². The van der Waals surface area contributed by atoms with Crippen LogP contribution in [0, 0.1) is 0 Å². The van der Waals surface area contributed by atoms with Gasteiger partial charge in [0.15, 0.2) is 0 Å². The van der Waals surface area contributed by atoms with Crippen molar-refractivity contribution >= 4 is 31.6 Å². The van der Waals surface area contributed by atoms with Gasteiger partial charge in [0.1, 0.15) is 0 Å². The van der Waals surface area contributed by atoms with Gasteiger partial charge in [-0.1, -0.05) is 36.5 Å². The molecule has 0 spiro atoms. The Morgan fingerprint density at radius 3 is 2.61 bits per heavy atom. The number of fused-ring (bicyclic) bond motifs is 2. The van der Waals surface area contributed by atoms with Gasteiger partial charge < -0.3 is 4.57 Å². The zero-order chi connectivity index (χ0) is 19.9. The molecule has 2 aromatic carbocycles. The summed E-state index contributed by atoms with van der Waals surface area (Å²) in [5.74, 6) is 0. The summed E-state index contributed by atoms with van der Waals surface area (Å²) in [7, 11) is -2.00. The molecule has 0 radical (unpaired) electrons. The third-order valence-electron chi connectivity index (χ3n) is 5.55. The molecule has 7 heteroatoms. The average Bonchev–Trinajstić information content (AvgIpc) is 2.99. The second kappa shape index (κ2) is 7.46. The Hall–Kier alpha value is -1.96. The van der Waals surface area contributed by atoms with Crippen LogP contribution in [-0.4, -0.2) is 13.0 Å². The summed E-state index contributed by atoms with van der Waals surface area (Å²) in [6.45, 7) is 1.98. The van der Waals surface area contributed by atoms with E-state index < -0.39 is 10.0 Å². The highest BCUT2D eigenvalue weighted by Crippen LogP contribution is 2.28. The molecule has 4 rings (SSSR count). The first-order valence-electron chi connectivity index (χ1n) is 9.62. The molecule has 0 amide bonds. The van der Waals surface area contributed by atoms with Crippen LogP contribution < -0.4 is 9.60 Å². The molecule has 5 nitrogen and oxygen atoms in total. The standard InChI is InChI=1S/C21H24N2O3S2/c1-3-18(16-9-8-14-6-4-5-7-15(14)12-16)22-28(25,26)17-10-11-19-20(13-17)27-21(24)23(19)2/h8-13,18,22H,3-7H2,1-2H3/t18-/m1/s1. The van der Waals surface area contributed by atoms with E-state index in [0.29, 0.717) is 11.1 Å². The van der Waals surface area contributed by atoms with E-state index in [9.17, 15) is 13.2 Å². The molecule has 1 heterocycles. The second-order valence-corrected chi connectivity index (χ2v) is 10.1. The number of benzene rings is 2. The fraction of sp³-hybridized carbons (Fsp3) is 0.381. The van der Waals surface area contributed by atoms with Crippen molar-refractivity contribution in [3.63, 3.8) is 0 Å². The molecule has 3 aromatic rings. The number of hydrogen-bond acceptors (Lipinski definition) is 4. The number of sulfonamides is 1. The SMILES string of the molecule is CC[C@@H](NS(=O)(=O)c1ccc2c(c1)sc(=O)n2C)c1ccc2c(c1)CCCC2. The van der Waals surface area contributed by atoms with Gasteiger partial charge in [-0.2, -0.15) is 0 Å². The highest BCUT2D eigenvalue weighted by Gasteiger charge is 2.22. The summed E-state index contributed by atoms with van der Waals surface area (Å²) in [6, 6.07) is 10.9. The molecule has 0 fully saturated rings. The minimum Gasteiger partial charge on any atom is -0.302 e. The first-order valence-corrected chi connectivity index (χ1v) is 11.9. The number of rotatable bonds is 5. The van der Waals surface area contributed by atoms with Gasteiger partial charge in [-0.25, -0.2) is 13.1 Å². The van der Waals surface area contributed by atoms with E-state index in [2.05, 4.69) is 16.9 Å². The summed E-state index contributed by atoms with van der Waals surface area (Å²) in [4.78, 5) is 11.9. The molecule has 0 saturated carbocycles. The molecule has 1 aromatic heterocycles. The van der Waals surface area contributed by atoms with Crippen molar-refractivity contribution in [3.8, 4) is 0 Å². The van der Waals surface area contributed by atoms with Crippen molar-refractivity contribution in [1.82, 2.24) is 9.29 Å². The normalized spacial score (nSPS) is 15.5. The minimum atomic E-state index is -3.69. The van der Waals surface area contributed by atoms with E-state index in [4.69, 9.17) is 0 Å². The summed E-state index contributed by atoms with van der Waals surface area (Å²) < 4.78 is 31.1. The highest BCUT2D eigenvalue weighted by atomic mass is 32.2. The van der Waals surface area contributed by atoms with E-state index in [1.165, 1.54) is 28.5 Å². The van der Waals surface area contributed by atoms with Gasteiger partial charge in [-0.15, -0.1) is 0 Å². The second-order valence-electron chi connectivity index (χ2n) is 7.37. The van der Waals surface area contributed by atoms with E-state index >= 15 is 0 Å². The third-order valence-corrected chi connectivity index (χ3v) is 8.02. The monoisotopic (exact) mass is 416 g/mol. The van der Waals surface area contributed by atoms with Crippen LogP contribution >= 0.6 is 11.3 Å². The average molecular weight is 417 g/mol.